The molecule has 0 aromatic carbocycles. The first-order chi connectivity index (χ1) is 22.1. The molecule has 0 saturated heterocycles. The van der Waals surface area contributed by atoms with Crippen molar-refractivity contribution in [3.63, 3.8) is 0 Å². The summed E-state index contributed by atoms with van der Waals surface area (Å²) in [5, 5.41) is 50.0. The average Bonchev–Trinajstić information content (AvgIpc) is 3.05. The van der Waals surface area contributed by atoms with Gasteiger partial charge >= 0.3 is 23.9 Å². The van der Waals surface area contributed by atoms with E-state index in [4.69, 9.17) is 40.1 Å². The van der Waals surface area contributed by atoms with Gasteiger partial charge in [-0.05, 0) is 90.9 Å². The second-order valence-electron chi connectivity index (χ2n) is 9.25. The van der Waals surface area contributed by atoms with E-state index < -0.39 is 23.9 Å². The first-order valence-electron chi connectivity index (χ1n) is 15.8. The molecule has 6 N–H and O–H groups in total. The van der Waals surface area contributed by atoms with Gasteiger partial charge in [0.2, 0.25) is 0 Å². The molecular weight excluding hydrogens is 608 g/mol. The van der Waals surface area contributed by atoms with Crippen LogP contribution in [0.15, 0.2) is 24.3 Å². The van der Waals surface area contributed by atoms with Gasteiger partial charge < -0.3 is 49.6 Å². The van der Waals surface area contributed by atoms with Gasteiger partial charge in [0.15, 0.2) is 0 Å². The van der Waals surface area contributed by atoms with Crippen LogP contribution in [-0.4, -0.2) is 121 Å². The van der Waals surface area contributed by atoms with Crippen LogP contribution in [0.5, 0.6) is 0 Å². The normalized spacial score (nSPS) is 9.57. The first-order valence-corrected chi connectivity index (χ1v) is 15.8. The summed E-state index contributed by atoms with van der Waals surface area (Å²) < 4.78 is 18.8. The topological polar surface area (TPSA) is 227 Å². The van der Waals surface area contributed by atoms with E-state index in [9.17, 15) is 19.2 Å². The van der Waals surface area contributed by atoms with Crippen molar-refractivity contribution < 1.29 is 68.8 Å². The third kappa shape index (κ3) is 39.1. The highest BCUT2D eigenvalue weighted by Crippen LogP contribution is 2.03. The second kappa shape index (κ2) is 42.1. The third-order valence-electron chi connectivity index (χ3n) is 5.24. The Morgan fingerprint density at radius 1 is 0.391 bits per heavy atom. The number of esters is 4. The van der Waals surface area contributed by atoms with Crippen LogP contribution in [0.3, 0.4) is 0 Å². The Kier molecular flexibility index (Phi) is 45.8. The van der Waals surface area contributed by atoms with Gasteiger partial charge in [0.1, 0.15) is 11.1 Å². The van der Waals surface area contributed by atoms with Gasteiger partial charge in [-0.3, -0.25) is 0 Å². The minimum absolute atomic E-state index is 0.114. The minimum Gasteiger partial charge on any atom is -0.462 e. The molecule has 0 bridgehead atoms. The van der Waals surface area contributed by atoms with E-state index in [0.717, 1.165) is 51.4 Å². The van der Waals surface area contributed by atoms with Crippen LogP contribution in [0.2, 0.25) is 0 Å². The number of unbranched alkanes of at least 4 members (excludes halogenated alkanes) is 8. The van der Waals surface area contributed by atoms with Gasteiger partial charge in [-0.2, -0.15) is 0 Å². The van der Waals surface area contributed by atoms with Gasteiger partial charge in [-0.25, -0.2) is 19.2 Å². The fourth-order valence-corrected chi connectivity index (χ4v) is 2.69. The molecule has 0 aromatic heterocycles. The molecule has 14 heteroatoms. The van der Waals surface area contributed by atoms with Crippen molar-refractivity contribution in [1.82, 2.24) is 0 Å². The molecule has 0 aliphatic heterocycles. The van der Waals surface area contributed by atoms with E-state index in [1.807, 2.05) is 0 Å². The summed E-state index contributed by atoms with van der Waals surface area (Å²) in [6, 6.07) is 0. The number of aliphatic hydroxyl groups is 6. The van der Waals surface area contributed by atoms with Crippen LogP contribution in [-0.2, 0) is 38.1 Å². The summed E-state index contributed by atoms with van der Waals surface area (Å²) >= 11 is 0. The molecule has 14 nitrogen and oxygen atoms in total. The molecule has 0 aliphatic rings. The predicted molar refractivity (Wildman–Crippen MR) is 171 cm³/mol. The van der Waals surface area contributed by atoms with E-state index in [-0.39, 0.29) is 77.2 Å². The Labute approximate surface area is 274 Å². The van der Waals surface area contributed by atoms with Gasteiger partial charge in [0, 0.05) is 39.6 Å². The van der Waals surface area contributed by atoms with Crippen molar-refractivity contribution in [2.75, 3.05) is 66.1 Å². The highest BCUT2D eigenvalue weighted by Gasteiger charge is 2.18. The van der Waals surface area contributed by atoms with Crippen molar-refractivity contribution >= 4 is 23.9 Å². The van der Waals surface area contributed by atoms with E-state index in [0.29, 0.717) is 25.7 Å². The fraction of sp³-hybridized carbons (Fsp3) is 0.750. The summed E-state index contributed by atoms with van der Waals surface area (Å²) in [7, 11) is 0. The lowest BCUT2D eigenvalue weighted by Gasteiger charge is -2.07. The monoisotopic (exact) mass is 668 g/mol. The van der Waals surface area contributed by atoms with E-state index in [1.165, 1.54) is 0 Å². The molecule has 0 unspecified atom stereocenters. The van der Waals surface area contributed by atoms with E-state index in [1.54, 1.807) is 13.8 Å². The quantitative estimate of drug-likeness (QED) is 0.0216. The number of ether oxygens (including phenoxy) is 4. The number of carbonyl (C=O) groups excluding carboxylic acids is 4. The molecule has 0 aliphatic carbocycles. The number of carbonyl (C=O) groups is 4. The van der Waals surface area contributed by atoms with Gasteiger partial charge in [-0.15, -0.1) is 0 Å². The summed E-state index contributed by atoms with van der Waals surface area (Å²) in [6.07, 6.45) is 9.26. The van der Waals surface area contributed by atoms with Crippen LogP contribution in [0.1, 0.15) is 90.9 Å². The smallest absolute Gasteiger partial charge is 0.344 e. The molecule has 0 atom stereocenters. The van der Waals surface area contributed by atoms with Crippen LogP contribution in [0, 0.1) is 0 Å². The number of hydrogen-bond acceptors (Lipinski definition) is 14. The molecule has 0 radical (unpaired) electrons. The van der Waals surface area contributed by atoms with Crippen molar-refractivity contribution in [2.24, 2.45) is 0 Å². The predicted octanol–water partition coefficient (Wildman–Crippen LogP) is 1.91. The maximum atomic E-state index is 11.4. The Morgan fingerprint density at radius 2 is 0.609 bits per heavy atom. The summed E-state index contributed by atoms with van der Waals surface area (Å²) in [5.41, 5.74) is -0.576. The lowest BCUT2D eigenvalue weighted by Crippen LogP contribution is -2.18. The van der Waals surface area contributed by atoms with Crippen LogP contribution < -0.4 is 0 Å². The molecule has 0 fully saturated rings. The Balaban J connectivity index is -0.000000286. The molecule has 46 heavy (non-hydrogen) atoms. The minimum atomic E-state index is -0.769. The largest absolute Gasteiger partial charge is 0.462 e. The summed E-state index contributed by atoms with van der Waals surface area (Å²) in [4.78, 5) is 44.6. The maximum Gasteiger partial charge on any atom is 0.344 e. The van der Waals surface area contributed by atoms with Crippen molar-refractivity contribution in [1.29, 1.82) is 0 Å². The van der Waals surface area contributed by atoms with Crippen molar-refractivity contribution in [2.45, 2.75) is 90.9 Å². The molecule has 0 rings (SSSR count). The Hall–Kier alpha value is -2.88. The zero-order chi connectivity index (χ0) is 35.8. The summed E-state index contributed by atoms with van der Waals surface area (Å²) in [6.45, 7) is 12.0. The lowest BCUT2D eigenvalue weighted by molar-refractivity contribution is -0.148. The zero-order valence-electron chi connectivity index (χ0n) is 27.9. The second-order valence-corrected chi connectivity index (χ2v) is 9.25. The fourth-order valence-electron chi connectivity index (χ4n) is 2.69. The van der Waals surface area contributed by atoms with Crippen molar-refractivity contribution in [3.05, 3.63) is 24.3 Å². The van der Waals surface area contributed by atoms with Crippen molar-refractivity contribution in [3.8, 4) is 0 Å². The van der Waals surface area contributed by atoms with Gasteiger partial charge in [0.25, 0.3) is 0 Å². The Bertz CT molecular complexity index is 689. The Morgan fingerprint density at radius 3 is 0.826 bits per heavy atom. The zero-order valence-corrected chi connectivity index (χ0v) is 27.9. The maximum absolute atomic E-state index is 11.4. The van der Waals surface area contributed by atoms with Gasteiger partial charge in [0.05, 0.1) is 26.4 Å². The lowest BCUT2D eigenvalue weighted by atomic mass is 10.2. The number of rotatable bonds is 24. The van der Waals surface area contributed by atoms with Gasteiger partial charge in [-0.1, -0.05) is 13.2 Å². The third-order valence-corrected chi connectivity index (χ3v) is 5.24. The molecule has 0 spiro atoms. The molecule has 272 valence electrons. The van der Waals surface area contributed by atoms with E-state index >= 15 is 0 Å². The molecule has 0 aromatic rings. The average molecular weight is 669 g/mol. The standard InChI is InChI=1S/C14H24O6.C8H12O4.2C5H12O2/c1-12(13(17)19-10-6-2-4-8-15)14(18)20-11-7-3-5-9-16;1-4-11-7(9)6(3)8(10)12-5-2;2*6-4-2-1-3-5-7/h15-16H,1-11H2;3-5H2,1-2H3;2*6-7H,1-5H2. The molecule has 0 heterocycles. The van der Waals surface area contributed by atoms with E-state index in [2.05, 4.69) is 22.6 Å². The number of aliphatic hydroxyl groups excluding tert-OH is 6. The summed E-state index contributed by atoms with van der Waals surface area (Å²) in [5.74, 6) is -2.99. The molecule has 0 saturated carbocycles. The van der Waals surface area contributed by atoms with Crippen LogP contribution in [0.25, 0.3) is 0 Å². The highest BCUT2D eigenvalue weighted by atomic mass is 16.6. The van der Waals surface area contributed by atoms with Crippen LogP contribution >= 0.6 is 0 Å². The van der Waals surface area contributed by atoms with Crippen LogP contribution in [0.4, 0.5) is 0 Å². The SMILES string of the molecule is C=C(C(=O)OCC)C(=O)OCC.C=C(C(=O)OCCCCCO)C(=O)OCCCCCO.OCCCCCO.OCCCCCO. The number of hydrogen-bond donors (Lipinski definition) is 6. The molecule has 0 amide bonds. The first kappa shape index (κ1) is 50.0. The molecular formula is C32H60O14. The highest BCUT2D eigenvalue weighted by molar-refractivity contribution is 6.13.